The molecule has 0 spiro atoms. The Balaban J connectivity index is 4.51. The maximum Gasteiger partial charge on any atom is 0.151 e. The minimum absolute atomic E-state index is 0.282. The number of methoxy groups -OCH3 is 2. The highest BCUT2D eigenvalue weighted by Gasteiger charge is 2.33. The minimum atomic E-state index is -1.40. The third-order valence-corrected chi connectivity index (χ3v) is 1.91. The van der Waals surface area contributed by atoms with Crippen molar-refractivity contribution < 1.29 is 29.6 Å². The molecule has 0 aromatic rings. The van der Waals surface area contributed by atoms with Crippen molar-refractivity contribution in [2.75, 3.05) is 20.8 Å². The zero-order chi connectivity index (χ0) is 11.1. The summed E-state index contributed by atoms with van der Waals surface area (Å²) < 4.78 is 9.63. The maximum absolute atomic E-state index is 10.3. The quantitative estimate of drug-likeness (QED) is 0.416. The predicted octanol–water partition coefficient (Wildman–Crippen LogP) is -2.07. The van der Waals surface area contributed by atoms with E-state index in [0.29, 0.717) is 0 Å². The van der Waals surface area contributed by atoms with Gasteiger partial charge < -0.3 is 29.6 Å². The Hall–Kier alpha value is -0.530. The Bertz CT molecular complexity index is 162. The minimum Gasteiger partial charge on any atom is -0.394 e. The fraction of sp³-hybridized carbons (Fsp3) is 0.875. The molecule has 4 atom stereocenters. The monoisotopic (exact) mass is 208 g/mol. The molecular formula is C8H16O6. The van der Waals surface area contributed by atoms with E-state index in [1.807, 2.05) is 0 Å². The molecule has 0 saturated heterocycles. The summed E-state index contributed by atoms with van der Waals surface area (Å²) >= 11 is 0. The molecule has 0 aliphatic carbocycles. The van der Waals surface area contributed by atoms with Gasteiger partial charge in [0.25, 0.3) is 0 Å². The third kappa shape index (κ3) is 3.32. The van der Waals surface area contributed by atoms with Crippen LogP contribution in [0.2, 0.25) is 0 Å². The maximum atomic E-state index is 10.3. The van der Waals surface area contributed by atoms with Crippen LogP contribution >= 0.6 is 0 Å². The molecule has 84 valence electrons. The number of aldehydes is 1. The van der Waals surface area contributed by atoms with E-state index in [1.165, 1.54) is 14.2 Å². The van der Waals surface area contributed by atoms with Crippen LogP contribution in [0.3, 0.4) is 0 Å². The van der Waals surface area contributed by atoms with Crippen molar-refractivity contribution in [3.63, 3.8) is 0 Å². The molecule has 0 radical (unpaired) electrons. The molecule has 6 nitrogen and oxygen atoms in total. The number of hydrogen-bond donors (Lipinski definition) is 3. The van der Waals surface area contributed by atoms with Crippen LogP contribution in [-0.2, 0) is 14.3 Å². The van der Waals surface area contributed by atoms with Gasteiger partial charge in [0.2, 0.25) is 0 Å². The van der Waals surface area contributed by atoms with Crippen LogP contribution in [0.4, 0.5) is 0 Å². The van der Waals surface area contributed by atoms with Crippen LogP contribution in [0.15, 0.2) is 0 Å². The van der Waals surface area contributed by atoms with Crippen molar-refractivity contribution in [3.8, 4) is 0 Å². The Morgan fingerprint density at radius 2 is 1.71 bits per heavy atom. The molecule has 14 heavy (non-hydrogen) atoms. The molecule has 0 fully saturated rings. The number of ether oxygens (including phenoxy) is 2. The molecule has 0 aliphatic rings. The average molecular weight is 208 g/mol. The molecule has 0 aromatic heterocycles. The van der Waals surface area contributed by atoms with Gasteiger partial charge in [-0.05, 0) is 0 Å². The molecule has 0 rings (SSSR count). The summed E-state index contributed by atoms with van der Waals surface area (Å²) in [5, 5.41) is 27.2. The van der Waals surface area contributed by atoms with Crippen LogP contribution in [0, 0.1) is 0 Å². The van der Waals surface area contributed by atoms with E-state index in [9.17, 15) is 15.0 Å². The number of aliphatic hydroxyl groups excluding tert-OH is 3. The summed E-state index contributed by atoms with van der Waals surface area (Å²) in [6.45, 7) is -0.538. The molecule has 0 bridgehead atoms. The lowest BCUT2D eigenvalue weighted by Crippen LogP contribution is -2.48. The molecule has 0 aromatic carbocycles. The third-order valence-electron chi connectivity index (χ3n) is 1.91. The van der Waals surface area contributed by atoms with Crippen molar-refractivity contribution in [1.82, 2.24) is 0 Å². The van der Waals surface area contributed by atoms with Gasteiger partial charge in [-0.1, -0.05) is 0 Å². The van der Waals surface area contributed by atoms with Crippen LogP contribution in [0.1, 0.15) is 0 Å². The number of carbonyl (C=O) groups is 1. The lowest BCUT2D eigenvalue weighted by molar-refractivity contribution is -0.150. The first kappa shape index (κ1) is 13.5. The zero-order valence-electron chi connectivity index (χ0n) is 8.16. The summed E-state index contributed by atoms with van der Waals surface area (Å²) in [5.41, 5.74) is 0. The van der Waals surface area contributed by atoms with Gasteiger partial charge in [-0.25, -0.2) is 0 Å². The topological polar surface area (TPSA) is 96.2 Å². The number of carbonyl (C=O) groups excluding carboxylic acids is 1. The first-order chi connectivity index (χ1) is 6.62. The molecule has 0 heterocycles. The first-order valence-electron chi connectivity index (χ1n) is 4.10. The summed E-state index contributed by atoms with van der Waals surface area (Å²) in [5.74, 6) is 0. The Labute approximate surface area is 82.1 Å². The van der Waals surface area contributed by atoms with Crippen LogP contribution < -0.4 is 0 Å². The van der Waals surface area contributed by atoms with E-state index in [2.05, 4.69) is 0 Å². The van der Waals surface area contributed by atoms with Crippen molar-refractivity contribution in [1.29, 1.82) is 0 Å². The van der Waals surface area contributed by atoms with Crippen LogP contribution in [0.25, 0.3) is 0 Å². The average Bonchev–Trinajstić information content (AvgIpc) is 2.23. The second-order valence-electron chi connectivity index (χ2n) is 2.78. The summed E-state index contributed by atoms with van der Waals surface area (Å²) in [6.07, 6.45) is -4.28. The molecule has 0 unspecified atom stereocenters. The highest BCUT2D eigenvalue weighted by atomic mass is 16.5. The summed E-state index contributed by atoms with van der Waals surface area (Å²) in [4.78, 5) is 10.3. The van der Waals surface area contributed by atoms with Crippen molar-refractivity contribution in [3.05, 3.63) is 0 Å². The largest absolute Gasteiger partial charge is 0.394 e. The van der Waals surface area contributed by atoms with Gasteiger partial charge in [-0.2, -0.15) is 0 Å². The number of aliphatic hydroxyl groups is 3. The normalized spacial score (nSPS) is 19.8. The predicted molar refractivity (Wildman–Crippen MR) is 46.8 cm³/mol. The molecular weight excluding hydrogens is 192 g/mol. The second kappa shape index (κ2) is 6.86. The lowest BCUT2D eigenvalue weighted by atomic mass is 10.0. The van der Waals surface area contributed by atoms with Crippen LogP contribution in [0.5, 0.6) is 0 Å². The zero-order valence-corrected chi connectivity index (χ0v) is 8.16. The van der Waals surface area contributed by atoms with Gasteiger partial charge in [0.05, 0.1) is 6.61 Å². The number of rotatable bonds is 7. The smallest absolute Gasteiger partial charge is 0.151 e. The van der Waals surface area contributed by atoms with Gasteiger partial charge in [-0.3, -0.25) is 0 Å². The highest BCUT2D eigenvalue weighted by Crippen LogP contribution is 2.10. The molecule has 0 saturated carbocycles. The summed E-state index contributed by atoms with van der Waals surface area (Å²) in [6, 6.07) is 0. The molecule has 3 N–H and O–H groups in total. The standard InChI is InChI=1S/C8H16O6/c1-13-7(5(11)3-9)8(14-2)6(12)4-10/h3,5-8,10-12H,4H2,1-2H3/t5-,6+,7+,8+/m0/s1. The first-order valence-corrected chi connectivity index (χ1v) is 4.10. The Morgan fingerprint density at radius 3 is 2.00 bits per heavy atom. The van der Waals surface area contributed by atoms with E-state index < -0.39 is 31.0 Å². The summed E-state index contributed by atoms with van der Waals surface area (Å²) in [7, 11) is 2.56. The van der Waals surface area contributed by atoms with Crippen LogP contribution in [-0.4, -0.2) is 66.8 Å². The SMILES string of the molecule is CO[C@@H]([C@H](OC)[C@@H](O)C=O)[C@H](O)CO. The lowest BCUT2D eigenvalue weighted by Gasteiger charge is -2.28. The fourth-order valence-electron chi connectivity index (χ4n) is 1.16. The Morgan fingerprint density at radius 1 is 1.21 bits per heavy atom. The van der Waals surface area contributed by atoms with Gasteiger partial charge in [-0.15, -0.1) is 0 Å². The van der Waals surface area contributed by atoms with E-state index in [1.54, 1.807) is 0 Å². The number of hydrogen-bond acceptors (Lipinski definition) is 6. The van der Waals surface area contributed by atoms with E-state index >= 15 is 0 Å². The molecule has 6 heteroatoms. The van der Waals surface area contributed by atoms with Crippen molar-refractivity contribution in [2.24, 2.45) is 0 Å². The van der Waals surface area contributed by atoms with E-state index in [-0.39, 0.29) is 6.29 Å². The van der Waals surface area contributed by atoms with Gasteiger partial charge >= 0.3 is 0 Å². The molecule has 0 aliphatic heterocycles. The van der Waals surface area contributed by atoms with E-state index in [0.717, 1.165) is 0 Å². The van der Waals surface area contributed by atoms with E-state index in [4.69, 9.17) is 14.6 Å². The van der Waals surface area contributed by atoms with Gasteiger partial charge in [0, 0.05) is 14.2 Å². The second-order valence-corrected chi connectivity index (χ2v) is 2.78. The fourth-order valence-corrected chi connectivity index (χ4v) is 1.16. The van der Waals surface area contributed by atoms with Gasteiger partial charge in [0.15, 0.2) is 6.29 Å². The van der Waals surface area contributed by atoms with Crippen molar-refractivity contribution >= 4 is 6.29 Å². The highest BCUT2D eigenvalue weighted by molar-refractivity contribution is 5.56. The van der Waals surface area contributed by atoms with Gasteiger partial charge in [0.1, 0.15) is 24.4 Å². The molecule has 0 amide bonds. The van der Waals surface area contributed by atoms with Crippen molar-refractivity contribution in [2.45, 2.75) is 24.4 Å². The Kier molecular flexibility index (Phi) is 6.60.